The van der Waals surface area contributed by atoms with E-state index in [0.29, 0.717) is 0 Å². The molecule has 102 valence electrons. The van der Waals surface area contributed by atoms with Crippen LogP contribution in [0.5, 0.6) is 0 Å². The Balaban J connectivity index is 2.30. The molecule has 3 N–H and O–H groups in total. The Morgan fingerprint density at radius 3 is 2.26 bits per heavy atom. The predicted octanol–water partition coefficient (Wildman–Crippen LogP) is 3.30. The van der Waals surface area contributed by atoms with Gasteiger partial charge in [-0.15, -0.1) is 11.3 Å². The van der Waals surface area contributed by atoms with Gasteiger partial charge in [-0.25, -0.2) is 10.4 Å². The summed E-state index contributed by atoms with van der Waals surface area (Å²) in [4.78, 5) is 5.43. The first kappa shape index (κ1) is 14.2. The van der Waals surface area contributed by atoms with Gasteiger partial charge in [0.25, 0.3) is 0 Å². The van der Waals surface area contributed by atoms with Gasteiger partial charge in [-0.05, 0) is 23.5 Å². The zero-order chi connectivity index (χ0) is 14.0. The topological polar surface area (TPSA) is 50.9 Å². The molecule has 1 heterocycles. The molecule has 0 saturated heterocycles. The fraction of sp³-hybridized carbons (Fsp3) is 0.400. The van der Waals surface area contributed by atoms with Gasteiger partial charge in [0.05, 0.1) is 11.0 Å². The highest BCUT2D eigenvalue weighted by Gasteiger charge is 2.17. The smallest absolute Gasteiger partial charge is 0.0897 e. The predicted molar refractivity (Wildman–Crippen MR) is 81.2 cm³/mol. The third kappa shape index (κ3) is 3.21. The average Bonchev–Trinajstić information content (AvgIpc) is 2.76. The second-order valence-electron chi connectivity index (χ2n) is 5.75. The number of rotatable bonds is 3. The van der Waals surface area contributed by atoms with Gasteiger partial charge >= 0.3 is 0 Å². The summed E-state index contributed by atoms with van der Waals surface area (Å²) in [6.45, 7) is 8.65. The molecule has 0 amide bonds. The molecule has 0 aliphatic heterocycles. The Bertz CT molecular complexity index is 537. The molecular weight excluding hydrogens is 254 g/mol. The van der Waals surface area contributed by atoms with Crippen molar-refractivity contribution in [3.8, 4) is 0 Å². The van der Waals surface area contributed by atoms with E-state index in [0.717, 1.165) is 9.88 Å². The number of aromatic nitrogens is 1. The van der Waals surface area contributed by atoms with Crippen molar-refractivity contribution in [2.45, 2.75) is 39.2 Å². The zero-order valence-corrected chi connectivity index (χ0v) is 12.7. The molecule has 0 fully saturated rings. The van der Waals surface area contributed by atoms with Crippen molar-refractivity contribution >= 4 is 11.3 Å². The lowest BCUT2D eigenvalue weighted by Gasteiger charge is -2.21. The normalized spacial score (nSPS) is 13.5. The quantitative estimate of drug-likeness (QED) is 0.667. The molecule has 0 bridgehead atoms. The van der Waals surface area contributed by atoms with Gasteiger partial charge < -0.3 is 0 Å². The van der Waals surface area contributed by atoms with Crippen LogP contribution in [0, 0.1) is 6.92 Å². The lowest BCUT2D eigenvalue weighted by atomic mass is 9.86. The van der Waals surface area contributed by atoms with Crippen LogP contribution in [-0.2, 0) is 5.41 Å². The van der Waals surface area contributed by atoms with Crippen LogP contribution in [0.15, 0.2) is 30.5 Å². The van der Waals surface area contributed by atoms with E-state index in [1.54, 1.807) is 11.3 Å². The van der Waals surface area contributed by atoms with Crippen molar-refractivity contribution in [1.82, 2.24) is 10.4 Å². The number of nitrogens with two attached hydrogens (primary N) is 1. The lowest BCUT2D eigenvalue weighted by Crippen LogP contribution is -2.28. The van der Waals surface area contributed by atoms with E-state index in [4.69, 9.17) is 5.84 Å². The van der Waals surface area contributed by atoms with Crippen molar-refractivity contribution in [2.24, 2.45) is 5.84 Å². The van der Waals surface area contributed by atoms with Crippen molar-refractivity contribution < 1.29 is 0 Å². The Hall–Kier alpha value is -1.23. The summed E-state index contributed by atoms with van der Waals surface area (Å²) in [6.07, 6.45) is 1.89. The number of benzene rings is 1. The van der Waals surface area contributed by atoms with Gasteiger partial charge in [-0.3, -0.25) is 5.84 Å². The fourth-order valence-corrected chi connectivity index (χ4v) is 2.90. The minimum atomic E-state index is 0.0141. The molecule has 0 aliphatic rings. The maximum absolute atomic E-state index is 5.70. The molecule has 1 aromatic carbocycles. The summed E-state index contributed by atoms with van der Waals surface area (Å²) in [5, 5.41) is 1.06. The van der Waals surface area contributed by atoms with Crippen molar-refractivity contribution in [3.05, 3.63) is 51.5 Å². The Morgan fingerprint density at radius 2 is 1.84 bits per heavy atom. The third-order valence-corrected chi connectivity index (χ3v) is 4.18. The van der Waals surface area contributed by atoms with Gasteiger partial charge in [-0.2, -0.15) is 0 Å². The molecule has 0 aliphatic carbocycles. The number of nitrogens with one attached hydrogen (secondary N) is 1. The summed E-state index contributed by atoms with van der Waals surface area (Å²) < 4.78 is 0. The summed E-state index contributed by atoms with van der Waals surface area (Å²) in [7, 11) is 0. The summed E-state index contributed by atoms with van der Waals surface area (Å²) >= 11 is 1.67. The van der Waals surface area contributed by atoms with Gasteiger partial charge in [0.2, 0.25) is 0 Å². The second-order valence-corrected chi connectivity index (χ2v) is 7.02. The van der Waals surface area contributed by atoms with Crippen LogP contribution in [0.3, 0.4) is 0 Å². The first-order valence-corrected chi connectivity index (χ1v) is 7.22. The molecule has 3 nitrogen and oxygen atoms in total. The fourth-order valence-electron chi connectivity index (χ4n) is 2.03. The number of hydrogen-bond acceptors (Lipinski definition) is 4. The van der Waals surface area contributed by atoms with Crippen LogP contribution in [0.2, 0.25) is 0 Å². The van der Waals surface area contributed by atoms with Crippen LogP contribution >= 0.6 is 11.3 Å². The number of thiazole rings is 1. The number of hydrazine groups is 1. The van der Waals surface area contributed by atoms with Crippen LogP contribution in [0.4, 0.5) is 0 Å². The highest BCUT2D eigenvalue weighted by molar-refractivity contribution is 7.11. The molecule has 0 radical (unpaired) electrons. The highest BCUT2D eigenvalue weighted by atomic mass is 32.1. The van der Waals surface area contributed by atoms with E-state index < -0.39 is 0 Å². The van der Waals surface area contributed by atoms with Gasteiger partial charge in [0.15, 0.2) is 0 Å². The highest BCUT2D eigenvalue weighted by Crippen LogP contribution is 2.28. The Kier molecular flexibility index (Phi) is 4.04. The largest absolute Gasteiger partial charge is 0.271 e. The Labute approximate surface area is 118 Å². The van der Waals surface area contributed by atoms with Gasteiger partial charge in [-0.1, -0.05) is 45.0 Å². The van der Waals surface area contributed by atoms with E-state index in [-0.39, 0.29) is 11.5 Å². The van der Waals surface area contributed by atoms with Crippen LogP contribution in [-0.4, -0.2) is 4.98 Å². The van der Waals surface area contributed by atoms with Crippen LogP contribution in [0.1, 0.15) is 47.8 Å². The molecule has 0 spiro atoms. The minimum absolute atomic E-state index is 0.0141. The number of hydrogen-bond donors (Lipinski definition) is 2. The first-order valence-electron chi connectivity index (χ1n) is 6.40. The average molecular weight is 275 g/mol. The summed E-state index contributed by atoms with van der Waals surface area (Å²) in [6, 6.07) is 8.64. The first-order chi connectivity index (χ1) is 8.91. The monoisotopic (exact) mass is 275 g/mol. The third-order valence-electron chi connectivity index (χ3n) is 3.20. The zero-order valence-electron chi connectivity index (χ0n) is 11.9. The summed E-state index contributed by atoms with van der Waals surface area (Å²) in [5.41, 5.74) is 5.54. The molecule has 1 unspecified atom stereocenters. The van der Waals surface area contributed by atoms with E-state index in [1.165, 1.54) is 11.1 Å². The van der Waals surface area contributed by atoms with Crippen molar-refractivity contribution in [2.75, 3.05) is 0 Å². The van der Waals surface area contributed by atoms with E-state index in [1.807, 2.05) is 13.1 Å². The minimum Gasteiger partial charge on any atom is -0.271 e. The molecule has 1 aromatic heterocycles. The molecule has 0 saturated carbocycles. The number of nitrogens with zero attached hydrogens (tertiary/aromatic N) is 1. The number of aryl methyl sites for hydroxylation is 1. The van der Waals surface area contributed by atoms with E-state index in [9.17, 15) is 0 Å². The van der Waals surface area contributed by atoms with Crippen LogP contribution < -0.4 is 11.3 Å². The van der Waals surface area contributed by atoms with Crippen LogP contribution in [0.25, 0.3) is 0 Å². The molecule has 2 aromatic rings. The molecular formula is C15H21N3S. The summed E-state index contributed by atoms with van der Waals surface area (Å²) in [5.74, 6) is 5.70. The van der Waals surface area contributed by atoms with E-state index in [2.05, 4.69) is 55.4 Å². The molecule has 4 heteroatoms. The second kappa shape index (κ2) is 5.41. The molecule has 2 rings (SSSR count). The standard InChI is InChI=1S/C15H21N3S/c1-10-17-9-13(19-10)14(18-16)11-5-7-12(8-6-11)15(2,3)4/h5-9,14,18H,16H2,1-4H3. The van der Waals surface area contributed by atoms with Gasteiger partial charge in [0, 0.05) is 11.1 Å². The van der Waals surface area contributed by atoms with Crippen molar-refractivity contribution in [3.63, 3.8) is 0 Å². The SMILES string of the molecule is Cc1ncc(C(NN)c2ccc(C(C)(C)C)cc2)s1. The Morgan fingerprint density at radius 1 is 1.21 bits per heavy atom. The van der Waals surface area contributed by atoms with E-state index >= 15 is 0 Å². The van der Waals surface area contributed by atoms with Gasteiger partial charge in [0.1, 0.15) is 0 Å². The molecule has 19 heavy (non-hydrogen) atoms. The lowest BCUT2D eigenvalue weighted by molar-refractivity contribution is 0.588. The maximum Gasteiger partial charge on any atom is 0.0897 e. The maximum atomic E-state index is 5.70. The van der Waals surface area contributed by atoms with Crippen molar-refractivity contribution in [1.29, 1.82) is 0 Å². The molecule has 1 atom stereocenters.